The number of allylic oxidation sites excluding steroid dienone is 4. The third-order valence-electron chi connectivity index (χ3n) is 7.66. The van der Waals surface area contributed by atoms with Crippen molar-refractivity contribution in [1.29, 1.82) is 0 Å². The Bertz CT molecular complexity index is 996. The Morgan fingerprint density at radius 3 is 2.00 bits per heavy atom. The van der Waals surface area contributed by atoms with E-state index < -0.39 is 7.14 Å². The van der Waals surface area contributed by atoms with Gasteiger partial charge in [0.05, 0.1) is 0 Å². The second-order valence-corrected chi connectivity index (χ2v) is 13.2. The molecule has 2 aromatic rings. The van der Waals surface area contributed by atoms with Crippen LogP contribution < -0.4 is 10.6 Å². The van der Waals surface area contributed by atoms with E-state index in [1.165, 1.54) is 42.1 Å². The van der Waals surface area contributed by atoms with Gasteiger partial charge in [-0.1, -0.05) is 93.1 Å². The fourth-order valence-electron chi connectivity index (χ4n) is 6.04. The SMILES string of the molecule is CC(C)(C)[C@@H]1C=C2C(P(=O)(c3ccccc3)c3ccccc3)=C3CCC[C@@H]3C[C@H]2C1. The van der Waals surface area contributed by atoms with E-state index in [4.69, 9.17) is 0 Å². The van der Waals surface area contributed by atoms with E-state index in [1.807, 2.05) is 36.4 Å². The van der Waals surface area contributed by atoms with Crippen molar-refractivity contribution in [2.24, 2.45) is 23.2 Å². The van der Waals surface area contributed by atoms with Gasteiger partial charge in [-0.15, -0.1) is 0 Å². The van der Waals surface area contributed by atoms with Crippen LogP contribution in [0.25, 0.3) is 0 Å². The maximum absolute atomic E-state index is 15.3. The summed E-state index contributed by atoms with van der Waals surface area (Å²) in [6, 6.07) is 20.6. The molecule has 0 bridgehead atoms. The maximum atomic E-state index is 15.3. The molecule has 2 heteroatoms. The fraction of sp³-hybridized carbons (Fsp3) is 0.429. The Morgan fingerprint density at radius 2 is 1.43 bits per heavy atom. The van der Waals surface area contributed by atoms with Gasteiger partial charge in [-0.05, 0) is 60.8 Å². The molecule has 1 saturated carbocycles. The number of benzene rings is 2. The molecule has 3 atom stereocenters. The molecule has 5 rings (SSSR count). The van der Waals surface area contributed by atoms with Crippen LogP contribution in [0.4, 0.5) is 0 Å². The van der Waals surface area contributed by atoms with Crippen molar-refractivity contribution in [1.82, 2.24) is 0 Å². The second kappa shape index (κ2) is 7.38. The van der Waals surface area contributed by atoms with Gasteiger partial charge in [-0.2, -0.15) is 0 Å². The first-order valence-corrected chi connectivity index (χ1v) is 13.3. The standard InChI is InChI=1S/C28H33OP/c1-28(2,3)22-18-21-17-20-11-10-16-25(20)27(26(21)19-22)30(29,23-12-6-4-7-13-23)24-14-8-5-9-15-24/h4-9,12-15,19-22H,10-11,16-18H2,1-3H3/t20-,21+,22+/m1/s1. The van der Waals surface area contributed by atoms with Crippen molar-refractivity contribution in [2.45, 2.75) is 52.9 Å². The predicted octanol–water partition coefficient (Wildman–Crippen LogP) is 7.07. The molecule has 3 aliphatic rings. The first kappa shape index (κ1) is 20.1. The lowest BCUT2D eigenvalue weighted by molar-refractivity contribution is 0.262. The minimum Gasteiger partial charge on any atom is -0.309 e. The van der Waals surface area contributed by atoms with Gasteiger partial charge in [0.2, 0.25) is 0 Å². The monoisotopic (exact) mass is 416 g/mol. The zero-order valence-electron chi connectivity index (χ0n) is 18.5. The number of hydrogen-bond donors (Lipinski definition) is 0. The van der Waals surface area contributed by atoms with Crippen molar-refractivity contribution in [3.05, 3.63) is 83.2 Å². The van der Waals surface area contributed by atoms with E-state index >= 15 is 4.57 Å². The highest BCUT2D eigenvalue weighted by atomic mass is 31.2. The van der Waals surface area contributed by atoms with Crippen molar-refractivity contribution in [2.75, 3.05) is 0 Å². The molecule has 0 aliphatic heterocycles. The van der Waals surface area contributed by atoms with E-state index in [2.05, 4.69) is 51.1 Å². The molecule has 0 N–H and O–H groups in total. The normalized spacial score (nSPS) is 26.4. The average molecular weight is 417 g/mol. The zero-order valence-corrected chi connectivity index (χ0v) is 19.4. The average Bonchev–Trinajstić information content (AvgIpc) is 3.39. The Balaban J connectivity index is 1.78. The lowest BCUT2D eigenvalue weighted by atomic mass is 9.76. The summed E-state index contributed by atoms with van der Waals surface area (Å²) in [4.78, 5) is 0. The van der Waals surface area contributed by atoms with Crippen molar-refractivity contribution in [3.8, 4) is 0 Å². The van der Waals surface area contributed by atoms with E-state index in [0.717, 1.165) is 17.0 Å². The summed E-state index contributed by atoms with van der Waals surface area (Å²) in [5.74, 6) is 1.75. The lowest BCUT2D eigenvalue weighted by Crippen LogP contribution is -2.25. The van der Waals surface area contributed by atoms with Crippen LogP contribution in [-0.2, 0) is 4.57 Å². The van der Waals surface area contributed by atoms with Gasteiger partial charge >= 0.3 is 0 Å². The third-order valence-corrected chi connectivity index (χ3v) is 10.9. The minimum atomic E-state index is -2.91. The van der Waals surface area contributed by atoms with Crippen LogP contribution in [0.15, 0.2) is 83.2 Å². The van der Waals surface area contributed by atoms with E-state index in [9.17, 15) is 0 Å². The summed E-state index contributed by atoms with van der Waals surface area (Å²) < 4.78 is 15.3. The van der Waals surface area contributed by atoms with Crippen molar-refractivity contribution >= 4 is 17.8 Å². The van der Waals surface area contributed by atoms with E-state index in [1.54, 1.807) is 0 Å². The summed E-state index contributed by atoms with van der Waals surface area (Å²) >= 11 is 0. The van der Waals surface area contributed by atoms with Gasteiger partial charge in [0.15, 0.2) is 7.14 Å². The largest absolute Gasteiger partial charge is 0.309 e. The summed E-state index contributed by atoms with van der Waals surface area (Å²) in [7, 11) is -2.91. The molecule has 0 unspecified atom stereocenters. The van der Waals surface area contributed by atoms with Crippen LogP contribution in [-0.4, -0.2) is 0 Å². The van der Waals surface area contributed by atoms with E-state index in [-0.39, 0.29) is 5.41 Å². The zero-order chi connectivity index (χ0) is 20.9. The minimum absolute atomic E-state index is 0.249. The van der Waals surface area contributed by atoms with Gasteiger partial charge < -0.3 is 4.57 Å². The first-order valence-electron chi connectivity index (χ1n) is 11.6. The highest BCUT2D eigenvalue weighted by Gasteiger charge is 2.47. The number of hydrogen-bond acceptors (Lipinski definition) is 1. The van der Waals surface area contributed by atoms with Crippen molar-refractivity contribution in [3.63, 3.8) is 0 Å². The first-order chi connectivity index (χ1) is 14.4. The van der Waals surface area contributed by atoms with Crippen LogP contribution in [0.2, 0.25) is 0 Å². The fourth-order valence-corrected chi connectivity index (χ4v) is 9.36. The highest BCUT2D eigenvalue weighted by molar-refractivity contribution is 7.82. The Labute approximate surface area is 181 Å². The number of fused-ring (bicyclic) bond motifs is 2. The molecule has 0 saturated heterocycles. The molecule has 30 heavy (non-hydrogen) atoms. The topological polar surface area (TPSA) is 17.1 Å². The summed E-state index contributed by atoms with van der Waals surface area (Å²) in [6.45, 7) is 7.06. The summed E-state index contributed by atoms with van der Waals surface area (Å²) in [5.41, 5.74) is 3.20. The van der Waals surface area contributed by atoms with Crippen LogP contribution in [0.1, 0.15) is 52.9 Å². The Morgan fingerprint density at radius 1 is 0.833 bits per heavy atom. The van der Waals surface area contributed by atoms with Crippen LogP contribution in [0, 0.1) is 23.2 Å². The van der Waals surface area contributed by atoms with E-state index in [0.29, 0.717) is 17.8 Å². The molecule has 1 nitrogen and oxygen atoms in total. The van der Waals surface area contributed by atoms with Crippen LogP contribution >= 0.6 is 7.14 Å². The quantitative estimate of drug-likeness (QED) is 0.489. The molecular formula is C28H33OP. The smallest absolute Gasteiger partial charge is 0.171 e. The summed E-state index contributed by atoms with van der Waals surface area (Å²) in [5, 5.41) is 3.22. The summed E-state index contributed by atoms with van der Waals surface area (Å²) in [6.07, 6.45) is 8.65. The van der Waals surface area contributed by atoms with Crippen molar-refractivity contribution < 1.29 is 4.57 Å². The van der Waals surface area contributed by atoms with Gasteiger partial charge in [0, 0.05) is 15.9 Å². The molecule has 3 aliphatic carbocycles. The lowest BCUT2D eigenvalue weighted by Gasteiger charge is -2.35. The molecule has 2 aromatic carbocycles. The third kappa shape index (κ3) is 3.18. The van der Waals surface area contributed by atoms with Gasteiger partial charge in [0.25, 0.3) is 0 Å². The van der Waals surface area contributed by atoms with Crippen LogP contribution in [0.3, 0.4) is 0 Å². The Hall–Kier alpha value is -1.85. The molecular weight excluding hydrogens is 383 g/mol. The molecule has 1 fully saturated rings. The molecule has 0 amide bonds. The maximum Gasteiger partial charge on any atom is 0.171 e. The molecule has 0 heterocycles. The van der Waals surface area contributed by atoms with Gasteiger partial charge in [0.1, 0.15) is 0 Å². The molecule has 156 valence electrons. The Kier molecular flexibility index (Phi) is 4.94. The van der Waals surface area contributed by atoms with Gasteiger partial charge in [-0.3, -0.25) is 0 Å². The van der Waals surface area contributed by atoms with Crippen LogP contribution in [0.5, 0.6) is 0 Å². The molecule has 0 spiro atoms. The highest BCUT2D eigenvalue weighted by Crippen LogP contribution is 2.65. The second-order valence-electron chi connectivity index (χ2n) is 10.5. The molecule has 0 radical (unpaired) electrons. The van der Waals surface area contributed by atoms with Gasteiger partial charge in [-0.25, -0.2) is 0 Å². The predicted molar refractivity (Wildman–Crippen MR) is 128 cm³/mol. The molecule has 0 aromatic heterocycles. The number of rotatable bonds is 3.